The van der Waals surface area contributed by atoms with Crippen LogP contribution in [0, 0.1) is 6.92 Å². The number of benzene rings is 1. The fraction of sp³-hybridized carbons (Fsp3) is 0.0769. The molecule has 0 fully saturated rings. The zero-order valence-corrected chi connectivity index (χ0v) is 11.1. The molecule has 1 aromatic heterocycles. The highest BCUT2D eigenvalue weighted by molar-refractivity contribution is 7.17. The van der Waals surface area contributed by atoms with Crippen molar-refractivity contribution in [3.05, 3.63) is 50.7 Å². The van der Waals surface area contributed by atoms with Crippen LogP contribution in [0.1, 0.15) is 20.8 Å². The zero-order chi connectivity index (χ0) is 13.1. The molecule has 0 saturated heterocycles. The zero-order valence-electron chi connectivity index (χ0n) is 9.55. The maximum atomic E-state index is 10.9. The fourth-order valence-corrected chi connectivity index (χ4v) is 2.35. The second-order valence-electron chi connectivity index (χ2n) is 3.71. The van der Waals surface area contributed by atoms with Crippen LogP contribution in [0.25, 0.3) is 0 Å². The van der Waals surface area contributed by atoms with Gasteiger partial charge in [0.2, 0.25) is 0 Å². The summed E-state index contributed by atoms with van der Waals surface area (Å²) in [4.78, 5) is 16.1. The van der Waals surface area contributed by atoms with Gasteiger partial charge in [0.15, 0.2) is 0 Å². The van der Waals surface area contributed by atoms with E-state index in [-0.39, 0.29) is 5.56 Å². The Morgan fingerprint density at radius 1 is 1.39 bits per heavy atom. The average molecular weight is 280 g/mol. The van der Waals surface area contributed by atoms with Crippen LogP contribution >= 0.6 is 22.9 Å². The number of nitrogens with zero attached hydrogens (tertiary/aromatic N) is 1. The summed E-state index contributed by atoms with van der Waals surface area (Å²) in [5, 5.41) is 8.92. The van der Waals surface area contributed by atoms with Gasteiger partial charge in [0.05, 0.1) is 15.6 Å². The monoisotopic (exact) mass is 279 g/mol. The third kappa shape index (κ3) is 2.97. The molecule has 1 aromatic carbocycles. The number of halogens is 1. The third-order valence-corrected chi connectivity index (χ3v) is 3.55. The van der Waals surface area contributed by atoms with Gasteiger partial charge in [-0.1, -0.05) is 17.7 Å². The van der Waals surface area contributed by atoms with Gasteiger partial charge in [-0.2, -0.15) is 0 Å². The number of carboxylic acids is 1. The van der Waals surface area contributed by atoms with E-state index < -0.39 is 5.97 Å². The van der Waals surface area contributed by atoms with Gasteiger partial charge in [0.25, 0.3) is 0 Å². The first-order valence-electron chi connectivity index (χ1n) is 5.19. The first kappa shape index (κ1) is 12.8. The Hall–Kier alpha value is -1.65. The van der Waals surface area contributed by atoms with Gasteiger partial charge in [-0.25, -0.2) is 4.79 Å². The number of hydrogen-bond acceptors (Lipinski definition) is 3. The Bertz CT molecular complexity index is 619. The second-order valence-corrected chi connectivity index (χ2v) is 5.45. The molecule has 0 radical (unpaired) electrons. The van der Waals surface area contributed by atoms with E-state index in [4.69, 9.17) is 16.7 Å². The van der Waals surface area contributed by atoms with Crippen molar-refractivity contribution in [3.63, 3.8) is 0 Å². The van der Waals surface area contributed by atoms with Crippen molar-refractivity contribution in [3.8, 4) is 0 Å². The topological polar surface area (TPSA) is 49.7 Å². The van der Waals surface area contributed by atoms with Gasteiger partial charge < -0.3 is 5.11 Å². The lowest BCUT2D eigenvalue weighted by atomic mass is 10.1. The fourth-order valence-electron chi connectivity index (χ4n) is 1.41. The molecule has 1 N–H and O–H groups in total. The second kappa shape index (κ2) is 5.33. The van der Waals surface area contributed by atoms with Gasteiger partial charge in [-0.3, -0.25) is 4.99 Å². The van der Waals surface area contributed by atoms with E-state index in [0.29, 0.717) is 10.0 Å². The molecule has 0 aliphatic heterocycles. The van der Waals surface area contributed by atoms with Crippen molar-refractivity contribution < 1.29 is 9.90 Å². The molecule has 2 aromatic rings. The Balaban J connectivity index is 2.30. The minimum Gasteiger partial charge on any atom is -0.478 e. The number of aliphatic imine (C=N–C) groups is 1. The number of carboxylic acid groups (broad SMARTS) is 1. The van der Waals surface area contributed by atoms with E-state index in [2.05, 4.69) is 4.99 Å². The third-order valence-electron chi connectivity index (χ3n) is 2.38. The molecular formula is C13H10ClNO2S. The van der Waals surface area contributed by atoms with E-state index in [1.807, 2.05) is 13.0 Å². The highest BCUT2D eigenvalue weighted by atomic mass is 35.5. The minimum absolute atomic E-state index is 0.233. The summed E-state index contributed by atoms with van der Waals surface area (Å²) >= 11 is 7.24. The Morgan fingerprint density at radius 2 is 2.17 bits per heavy atom. The SMILES string of the molecule is Cc1ccc(C(=O)O)cc1N=Cc1ccc(Cl)s1. The van der Waals surface area contributed by atoms with E-state index in [9.17, 15) is 4.79 Å². The van der Waals surface area contributed by atoms with Crippen LogP contribution in [0.5, 0.6) is 0 Å². The molecule has 0 unspecified atom stereocenters. The van der Waals surface area contributed by atoms with Crippen LogP contribution in [-0.4, -0.2) is 17.3 Å². The molecule has 92 valence electrons. The normalized spacial score (nSPS) is 11.0. The molecule has 3 nitrogen and oxygen atoms in total. The summed E-state index contributed by atoms with van der Waals surface area (Å²) in [6, 6.07) is 8.54. The van der Waals surface area contributed by atoms with Crippen LogP contribution in [-0.2, 0) is 0 Å². The smallest absolute Gasteiger partial charge is 0.335 e. The molecule has 5 heteroatoms. The molecule has 0 atom stereocenters. The lowest BCUT2D eigenvalue weighted by molar-refractivity contribution is 0.0697. The van der Waals surface area contributed by atoms with Gasteiger partial charge in [-0.05, 0) is 36.8 Å². The van der Waals surface area contributed by atoms with Crippen molar-refractivity contribution in [2.75, 3.05) is 0 Å². The Kier molecular flexibility index (Phi) is 3.79. The number of carbonyl (C=O) groups is 1. The highest BCUT2D eigenvalue weighted by Gasteiger charge is 2.05. The first-order chi connectivity index (χ1) is 8.56. The molecule has 0 spiro atoms. The summed E-state index contributed by atoms with van der Waals surface area (Å²) in [6.45, 7) is 1.89. The van der Waals surface area contributed by atoms with Crippen molar-refractivity contribution in [1.29, 1.82) is 0 Å². The van der Waals surface area contributed by atoms with Crippen LogP contribution in [0.15, 0.2) is 35.3 Å². The first-order valence-corrected chi connectivity index (χ1v) is 6.39. The highest BCUT2D eigenvalue weighted by Crippen LogP contribution is 2.23. The standard InChI is InChI=1S/C13H10ClNO2S/c1-8-2-3-9(13(16)17)6-11(8)15-7-10-4-5-12(14)18-10/h2-7H,1H3,(H,16,17). The summed E-state index contributed by atoms with van der Waals surface area (Å²) in [5.74, 6) is -0.953. The van der Waals surface area contributed by atoms with Crippen LogP contribution in [0.4, 0.5) is 5.69 Å². The molecule has 0 aliphatic rings. The summed E-state index contributed by atoms with van der Waals surface area (Å²) in [5.41, 5.74) is 1.82. The van der Waals surface area contributed by atoms with E-state index in [0.717, 1.165) is 10.4 Å². The molecule has 0 bridgehead atoms. The van der Waals surface area contributed by atoms with Crippen molar-refractivity contribution in [2.24, 2.45) is 4.99 Å². The van der Waals surface area contributed by atoms with Crippen LogP contribution in [0.2, 0.25) is 4.34 Å². The average Bonchev–Trinajstić information content (AvgIpc) is 2.74. The maximum absolute atomic E-state index is 10.9. The van der Waals surface area contributed by atoms with Crippen LogP contribution < -0.4 is 0 Å². The maximum Gasteiger partial charge on any atom is 0.335 e. The molecule has 0 amide bonds. The predicted molar refractivity (Wildman–Crippen MR) is 74.7 cm³/mol. The quantitative estimate of drug-likeness (QED) is 0.858. The number of aryl methyl sites for hydroxylation is 1. The largest absolute Gasteiger partial charge is 0.478 e. The summed E-state index contributed by atoms with van der Waals surface area (Å²) in [7, 11) is 0. The number of rotatable bonds is 3. The molecule has 2 rings (SSSR count). The Morgan fingerprint density at radius 3 is 2.78 bits per heavy atom. The van der Waals surface area contributed by atoms with E-state index in [1.54, 1.807) is 30.5 Å². The Labute approximate surface area is 113 Å². The summed E-state index contributed by atoms with van der Waals surface area (Å²) < 4.78 is 0.701. The minimum atomic E-state index is -0.953. The van der Waals surface area contributed by atoms with E-state index >= 15 is 0 Å². The molecular weight excluding hydrogens is 270 g/mol. The predicted octanol–water partition coefficient (Wildman–Crippen LogP) is 4.16. The van der Waals surface area contributed by atoms with Crippen LogP contribution in [0.3, 0.4) is 0 Å². The van der Waals surface area contributed by atoms with Crippen molar-refractivity contribution >= 4 is 40.8 Å². The number of thiophene rings is 1. The van der Waals surface area contributed by atoms with Gasteiger partial charge in [-0.15, -0.1) is 11.3 Å². The van der Waals surface area contributed by atoms with E-state index in [1.165, 1.54) is 11.3 Å². The lowest BCUT2D eigenvalue weighted by Crippen LogP contribution is -1.95. The van der Waals surface area contributed by atoms with Gasteiger partial charge in [0.1, 0.15) is 0 Å². The molecule has 1 heterocycles. The van der Waals surface area contributed by atoms with Gasteiger partial charge in [0, 0.05) is 11.1 Å². The van der Waals surface area contributed by atoms with Crippen molar-refractivity contribution in [2.45, 2.75) is 6.92 Å². The molecule has 18 heavy (non-hydrogen) atoms. The lowest BCUT2D eigenvalue weighted by Gasteiger charge is -2.01. The number of aromatic carboxylic acids is 1. The van der Waals surface area contributed by atoms with Gasteiger partial charge >= 0.3 is 5.97 Å². The number of hydrogen-bond donors (Lipinski definition) is 1. The molecule has 0 aliphatic carbocycles. The molecule has 0 saturated carbocycles. The summed E-state index contributed by atoms with van der Waals surface area (Å²) in [6.07, 6.45) is 1.69. The van der Waals surface area contributed by atoms with Crippen molar-refractivity contribution in [1.82, 2.24) is 0 Å².